The van der Waals surface area contributed by atoms with Crippen molar-refractivity contribution in [1.29, 1.82) is 0 Å². The summed E-state index contributed by atoms with van der Waals surface area (Å²) in [6.45, 7) is 8.80. The Balaban J connectivity index is 3.08. The smallest absolute Gasteiger partial charge is 0.163 e. The van der Waals surface area contributed by atoms with Crippen molar-refractivity contribution < 1.29 is 8.78 Å². The van der Waals surface area contributed by atoms with Gasteiger partial charge in [0, 0.05) is 11.6 Å². The summed E-state index contributed by atoms with van der Waals surface area (Å²) in [5.74, 6) is -1.05. The van der Waals surface area contributed by atoms with E-state index in [2.05, 4.69) is 26.1 Å². The molecule has 3 heteroatoms. The molecule has 0 aliphatic rings. The molecule has 1 aromatic carbocycles. The van der Waals surface area contributed by atoms with Crippen molar-refractivity contribution in [2.75, 3.05) is 6.54 Å². The fraction of sp³-hybridized carbons (Fsp3) is 0.667. The van der Waals surface area contributed by atoms with E-state index >= 15 is 0 Å². The van der Waals surface area contributed by atoms with Crippen LogP contribution in [0.5, 0.6) is 0 Å². The highest BCUT2D eigenvalue weighted by molar-refractivity contribution is 5.28. The van der Waals surface area contributed by atoms with Gasteiger partial charge in [0.2, 0.25) is 0 Å². The maximum Gasteiger partial charge on any atom is 0.163 e. The summed E-state index contributed by atoms with van der Waals surface area (Å²) in [5.41, 5.74) is 0.849. The molecule has 0 aromatic heterocycles. The van der Waals surface area contributed by atoms with Crippen LogP contribution in [0.1, 0.15) is 70.0 Å². The first kappa shape index (κ1) is 18.1. The van der Waals surface area contributed by atoms with Crippen LogP contribution in [0.2, 0.25) is 0 Å². The predicted octanol–water partition coefficient (Wildman–Crippen LogP) is 5.53. The Labute approximate surface area is 128 Å². The lowest BCUT2D eigenvalue weighted by Gasteiger charge is -2.28. The largest absolute Gasteiger partial charge is 0.310 e. The van der Waals surface area contributed by atoms with Crippen molar-refractivity contribution in [1.82, 2.24) is 5.32 Å². The first-order valence-electron chi connectivity index (χ1n) is 8.24. The molecule has 0 saturated carbocycles. The topological polar surface area (TPSA) is 12.0 Å². The second-order valence-electron chi connectivity index (χ2n) is 5.84. The second kappa shape index (κ2) is 9.14. The standard InChI is InChI=1S/C18H29F2N/c1-5-8-9-14(7-3)18(21-12-6-2)15-11-10-13(4)16(19)17(15)20/h10-11,14,18,21H,5-9,12H2,1-4H3. The van der Waals surface area contributed by atoms with Gasteiger partial charge in [-0.2, -0.15) is 0 Å². The van der Waals surface area contributed by atoms with Gasteiger partial charge in [-0.15, -0.1) is 0 Å². The van der Waals surface area contributed by atoms with Gasteiger partial charge >= 0.3 is 0 Å². The van der Waals surface area contributed by atoms with Gasteiger partial charge in [0.15, 0.2) is 11.6 Å². The molecule has 0 aliphatic heterocycles. The Bertz CT molecular complexity index is 431. The molecule has 0 radical (unpaired) electrons. The van der Waals surface area contributed by atoms with E-state index in [1.807, 2.05) is 0 Å². The van der Waals surface area contributed by atoms with Crippen molar-refractivity contribution in [2.45, 2.75) is 65.8 Å². The fourth-order valence-corrected chi connectivity index (χ4v) is 2.80. The maximum absolute atomic E-state index is 14.3. The molecule has 1 rings (SSSR count). The fourth-order valence-electron chi connectivity index (χ4n) is 2.80. The highest BCUT2D eigenvalue weighted by Gasteiger charge is 2.25. The van der Waals surface area contributed by atoms with E-state index in [9.17, 15) is 8.78 Å². The molecule has 1 aromatic rings. The Kier molecular flexibility index (Phi) is 7.87. The Hall–Kier alpha value is -0.960. The first-order valence-corrected chi connectivity index (χ1v) is 8.24. The zero-order chi connectivity index (χ0) is 15.8. The SMILES string of the molecule is CCCCC(CC)C(NCCC)c1ccc(C)c(F)c1F. The molecule has 0 heterocycles. The molecule has 0 saturated heterocycles. The van der Waals surface area contributed by atoms with Crippen LogP contribution in [0.15, 0.2) is 12.1 Å². The lowest BCUT2D eigenvalue weighted by molar-refractivity contribution is 0.312. The second-order valence-corrected chi connectivity index (χ2v) is 5.84. The van der Waals surface area contributed by atoms with Gasteiger partial charge in [-0.3, -0.25) is 0 Å². The minimum atomic E-state index is -0.707. The van der Waals surface area contributed by atoms with Crippen LogP contribution in [0, 0.1) is 24.5 Å². The number of hydrogen-bond donors (Lipinski definition) is 1. The molecule has 1 N–H and O–H groups in total. The Morgan fingerprint density at radius 3 is 2.33 bits per heavy atom. The predicted molar refractivity (Wildman–Crippen MR) is 85.4 cm³/mol. The number of hydrogen-bond acceptors (Lipinski definition) is 1. The molecule has 0 fully saturated rings. The van der Waals surface area contributed by atoms with E-state index in [1.165, 1.54) is 0 Å². The van der Waals surface area contributed by atoms with Crippen molar-refractivity contribution in [3.8, 4) is 0 Å². The van der Waals surface area contributed by atoms with Crippen LogP contribution in [0.3, 0.4) is 0 Å². The normalized spacial score (nSPS) is 14.2. The van der Waals surface area contributed by atoms with Gasteiger partial charge in [-0.05, 0) is 37.8 Å². The summed E-state index contributed by atoms with van der Waals surface area (Å²) >= 11 is 0. The van der Waals surface area contributed by atoms with Crippen LogP contribution in [0.4, 0.5) is 8.78 Å². The molecule has 0 aliphatic carbocycles. The summed E-state index contributed by atoms with van der Waals surface area (Å²) in [4.78, 5) is 0. The van der Waals surface area contributed by atoms with Gasteiger partial charge in [-0.25, -0.2) is 8.78 Å². The summed E-state index contributed by atoms with van der Waals surface area (Å²) in [7, 11) is 0. The summed E-state index contributed by atoms with van der Waals surface area (Å²) in [6.07, 6.45) is 5.25. The number of nitrogens with one attached hydrogen (secondary N) is 1. The van der Waals surface area contributed by atoms with Crippen molar-refractivity contribution >= 4 is 0 Å². The van der Waals surface area contributed by atoms with Gasteiger partial charge in [0.05, 0.1) is 0 Å². The summed E-state index contributed by atoms with van der Waals surface area (Å²) in [5, 5.41) is 3.43. The van der Waals surface area contributed by atoms with Crippen LogP contribution in [0.25, 0.3) is 0 Å². The zero-order valence-electron chi connectivity index (χ0n) is 13.8. The molecule has 2 atom stereocenters. The molecule has 2 unspecified atom stereocenters. The van der Waals surface area contributed by atoms with Crippen LogP contribution >= 0.6 is 0 Å². The van der Waals surface area contributed by atoms with Gasteiger partial charge in [0.1, 0.15) is 0 Å². The first-order chi connectivity index (χ1) is 10.1. The third kappa shape index (κ3) is 4.77. The lowest BCUT2D eigenvalue weighted by Crippen LogP contribution is -2.30. The van der Waals surface area contributed by atoms with E-state index in [1.54, 1.807) is 19.1 Å². The molecule has 21 heavy (non-hydrogen) atoms. The van der Waals surface area contributed by atoms with Crippen molar-refractivity contribution in [2.24, 2.45) is 5.92 Å². The summed E-state index contributed by atoms with van der Waals surface area (Å²) < 4.78 is 28.2. The van der Waals surface area contributed by atoms with Gasteiger partial charge in [0.25, 0.3) is 0 Å². The Morgan fingerprint density at radius 1 is 1.05 bits per heavy atom. The van der Waals surface area contributed by atoms with Crippen molar-refractivity contribution in [3.63, 3.8) is 0 Å². The van der Waals surface area contributed by atoms with E-state index < -0.39 is 11.6 Å². The quantitative estimate of drug-likeness (QED) is 0.632. The molecule has 120 valence electrons. The van der Waals surface area contributed by atoms with Crippen molar-refractivity contribution in [3.05, 3.63) is 34.9 Å². The van der Waals surface area contributed by atoms with Crippen LogP contribution < -0.4 is 5.32 Å². The van der Waals surface area contributed by atoms with Gasteiger partial charge in [-0.1, -0.05) is 52.2 Å². The molecule has 0 amide bonds. The zero-order valence-corrected chi connectivity index (χ0v) is 13.8. The summed E-state index contributed by atoms with van der Waals surface area (Å²) in [6, 6.07) is 3.33. The molecule has 0 bridgehead atoms. The van der Waals surface area contributed by atoms with E-state index in [0.717, 1.165) is 38.6 Å². The number of rotatable bonds is 9. The number of unbranched alkanes of at least 4 members (excludes halogenated alkanes) is 1. The van der Waals surface area contributed by atoms with Crippen LogP contribution in [-0.4, -0.2) is 6.54 Å². The van der Waals surface area contributed by atoms with E-state index in [0.29, 0.717) is 17.0 Å². The van der Waals surface area contributed by atoms with Gasteiger partial charge < -0.3 is 5.32 Å². The number of aryl methyl sites for hydroxylation is 1. The van der Waals surface area contributed by atoms with Crippen LogP contribution in [-0.2, 0) is 0 Å². The average Bonchev–Trinajstić information content (AvgIpc) is 2.49. The maximum atomic E-state index is 14.3. The third-order valence-electron chi connectivity index (χ3n) is 4.18. The minimum Gasteiger partial charge on any atom is -0.310 e. The highest BCUT2D eigenvalue weighted by atomic mass is 19.2. The Morgan fingerprint density at radius 2 is 1.76 bits per heavy atom. The number of halogens is 2. The molecule has 0 spiro atoms. The van der Waals surface area contributed by atoms with E-state index in [-0.39, 0.29) is 6.04 Å². The molecule has 1 nitrogen and oxygen atoms in total. The lowest BCUT2D eigenvalue weighted by atomic mass is 9.86. The minimum absolute atomic E-state index is 0.100. The highest BCUT2D eigenvalue weighted by Crippen LogP contribution is 2.32. The monoisotopic (exact) mass is 297 g/mol. The number of benzene rings is 1. The average molecular weight is 297 g/mol. The van der Waals surface area contributed by atoms with E-state index in [4.69, 9.17) is 0 Å². The molecular formula is C18H29F2N. The third-order valence-corrected chi connectivity index (χ3v) is 4.18. The molecular weight excluding hydrogens is 268 g/mol.